The minimum atomic E-state index is -0.206. The molecule has 0 aromatic heterocycles. The van der Waals surface area contributed by atoms with E-state index >= 15 is 0 Å². The van der Waals surface area contributed by atoms with Crippen LogP contribution in [0, 0.1) is 11.3 Å². The van der Waals surface area contributed by atoms with Gasteiger partial charge in [0.1, 0.15) is 0 Å². The maximum Gasteiger partial charge on any atom is 0.234 e. The summed E-state index contributed by atoms with van der Waals surface area (Å²) in [4.78, 5) is 28.9. The van der Waals surface area contributed by atoms with Gasteiger partial charge in [0.25, 0.3) is 0 Å². The van der Waals surface area contributed by atoms with E-state index in [1.54, 1.807) is 0 Å². The van der Waals surface area contributed by atoms with Crippen molar-refractivity contribution >= 4 is 17.5 Å². The Bertz CT molecular complexity index is 817. The number of anilines is 1. The molecule has 3 aliphatic heterocycles. The van der Waals surface area contributed by atoms with E-state index in [9.17, 15) is 9.59 Å². The van der Waals surface area contributed by atoms with Crippen molar-refractivity contribution in [2.24, 2.45) is 17.1 Å². The molecule has 1 aliphatic carbocycles. The molecule has 1 saturated carbocycles. The minimum absolute atomic E-state index is 0.153. The van der Waals surface area contributed by atoms with Crippen LogP contribution in [0.3, 0.4) is 0 Å². The number of amides is 2. The van der Waals surface area contributed by atoms with Crippen LogP contribution in [0.15, 0.2) is 24.3 Å². The van der Waals surface area contributed by atoms with Crippen molar-refractivity contribution in [3.8, 4) is 0 Å². The minimum Gasteiger partial charge on any atom is -0.372 e. The van der Waals surface area contributed by atoms with Crippen LogP contribution in [-0.2, 0) is 9.59 Å². The average molecular weight is 425 g/mol. The summed E-state index contributed by atoms with van der Waals surface area (Å²) in [6, 6.07) is 8.85. The molecule has 1 unspecified atom stereocenters. The van der Waals surface area contributed by atoms with E-state index in [2.05, 4.69) is 33.3 Å². The molecule has 6 nitrogen and oxygen atoms in total. The Labute approximate surface area is 185 Å². The van der Waals surface area contributed by atoms with Gasteiger partial charge in [-0.15, -0.1) is 0 Å². The highest BCUT2D eigenvalue weighted by Crippen LogP contribution is 2.48. The van der Waals surface area contributed by atoms with Crippen molar-refractivity contribution in [1.82, 2.24) is 10.2 Å². The molecule has 3 heterocycles. The number of nitrogens with two attached hydrogens (primary N) is 1. The summed E-state index contributed by atoms with van der Waals surface area (Å²) in [6.07, 6.45) is 8.67. The van der Waals surface area contributed by atoms with E-state index in [0.29, 0.717) is 24.3 Å². The summed E-state index contributed by atoms with van der Waals surface area (Å²) < 4.78 is 0. The van der Waals surface area contributed by atoms with Gasteiger partial charge in [-0.25, -0.2) is 0 Å². The standard InChI is InChI=1S/C25H36N4O2/c26-20-15-25(16-20)8-12-28(13-9-25)17-18-6-10-29(11-7-18)21-3-1-2-19(14-21)22-4-5-23(30)27-24(22)31/h1-3,14,18,20,22H,4-13,15-17,26H2,(H,27,30,31). The summed E-state index contributed by atoms with van der Waals surface area (Å²) >= 11 is 0. The number of rotatable bonds is 4. The molecule has 1 aromatic rings. The number of likely N-dealkylation sites (tertiary alicyclic amines) is 1. The fourth-order valence-corrected chi connectivity index (χ4v) is 6.36. The van der Waals surface area contributed by atoms with Gasteiger partial charge in [-0.2, -0.15) is 0 Å². The number of nitrogens with zero attached hydrogens (tertiary/aromatic N) is 2. The van der Waals surface area contributed by atoms with Crippen molar-refractivity contribution < 1.29 is 9.59 Å². The monoisotopic (exact) mass is 424 g/mol. The van der Waals surface area contributed by atoms with Gasteiger partial charge < -0.3 is 15.5 Å². The predicted octanol–water partition coefficient (Wildman–Crippen LogP) is 2.63. The van der Waals surface area contributed by atoms with Crippen LogP contribution in [0.4, 0.5) is 5.69 Å². The Morgan fingerprint density at radius 2 is 1.77 bits per heavy atom. The third-order valence-corrected chi connectivity index (χ3v) is 8.31. The third kappa shape index (κ3) is 4.51. The topological polar surface area (TPSA) is 78.7 Å². The SMILES string of the molecule is NC1CC2(CCN(CC3CCN(c4cccc(C5CCC(=O)NC5=O)c4)CC3)CC2)C1. The smallest absolute Gasteiger partial charge is 0.234 e. The molecule has 31 heavy (non-hydrogen) atoms. The molecule has 0 radical (unpaired) electrons. The van der Waals surface area contributed by atoms with E-state index in [1.807, 2.05) is 6.07 Å². The normalized spacial score (nSPS) is 27.9. The first-order valence-corrected chi connectivity index (χ1v) is 12.2. The zero-order chi connectivity index (χ0) is 21.4. The van der Waals surface area contributed by atoms with Gasteiger partial charge in [-0.3, -0.25) is 14.9 Å². The van der Waals surface area contributed by atoms with Crippen molar-refractivity contribution in [3.05, 3.63) is 29.8 Å². The van der Waals surface area contributed by atoms with Gasteiger partial charge in [0.2, 0.25) is 11.8 Å². The summed E-state index contributed by atoms with van der Waals surface area (Å²) in [5.74, 6) is 0.272. The second-order valence-electron chi connectivity index (χ2n) is 10.5. The van der Waals surface area contributed by atoms with Crippen LogP contribution in [0.5, 0.6) is 0 Å². The van der Waals surface area contributed by atoms with Gasteiger partial charge >= 0.3 is 0 Å². The first-order valence-electron chi connectivity index (χ1n) is 12.2. The largest absolute Gasteiger partial charge is 0.372 e. The van der Waals surface area contributed by atoms with Crippen LogP contribution in [0.2, 0.25) is 0 Å². The molecule has 3 N–H and O–H groups in total. The lowest BCUT2D eigenvalue weighted by Crippen LogP contribution is -2.52. The number of piperidine rings is 3. The van der Waals surface area contributed by atoms with Crippen molar-refractivity contribution in [2.75, 3.05) is 37.6 Å². The Kier molecular flexibility index (Phi) is 5.78. The highest BCUT2D eigenvalue weighted by atomic mass is 16.2. The number of nitrogens with one attached hydrogen (secondary N) is 1. The van der Waals surface area contributed by atoms with E-state index in [1.165, 1.54) is 63.8 Å². The van der Waals surface area contributed by atoms with E-state index in [0.717, 1.165) is 24.6 Å². The third-order valence-electron chi connectivity index (χ3n) is 8.31. The summed E-state index contributed by atoms with van der Waals surface area (Å²) in [7, 11) is 0. The molecular formula is C25H36N4O2. The zero-order valence-corrected chi connectivity index (χ0v) is 18.5. The van der Waals surface area contributed by atoms with E-state index in [-0.39, 0.29) is 17.7 Å². The van der Waals surface area contributed by atoms with Gasteiger partial charge in [0, 0.05) is 37.8 Å². The molecule has 0 bridgehead atoms. The predicted molar refractivity (Wildman–Crippen MR) is 122 cm³/mol. The summed E-state index contributed by atoms with van der Waals surface area (Å²) in [5.41, 5.74) is 8.87. The first kappa shape index (κ1) is 21.0. The second kappa shape index (κ2) is 8.55. The summed E-state index contributed by atoms with van der Waals surface area (Å²) in [5, 5.41) is 2.48. The quantitative estimate of drug-likeness (QED) is 0.727. The van der Waals surface area contributed by atoms with E-state index in [4.69, 9.17) is 5.73 Å². The van der Waals surface area contributed by atoms with Crippen LogP contribution in [-0.4, -0.2) is 55.5 Å². The van der Waals surface area contributed by atoms with Gasteiger partial charge in [-0.05, 0) is 87.1 Å². The Balaban J connectivity index is 1.12. The highest BCUT2D eigenvalue weighted by Gasteiger charge is 2.44. The molecular weight excluding hydrogens is 388 g/mol. The van der Waals surface area contributed by atoms with Gasteiger partial charge in [-0.1, -0.05) is 12.1 Å². The van der Waals surface area contributed by atoms with Crippen molar-refractivity contribution in [2.45, 2.75) is 63.3 Å². The van der Waals surface area contributed by atoms with Gasteiger partial charge in [0.15, 0.2) is 0 Å². The highest BCUT2D eigenvalue weighted by molar-refractivity contribution is 6.01. The molecule has 1 atom stereocenters. The fraction of sp³-hybridized carbons (Fsp3) is 0.680. The Morgan fingerprint density at radius 1 is 1.03 bits per heavy atom. The molecule has 4 fully saturated rings. The number of benzene rings is 1. The lowest BCUT2D eigenvalue weighted by atomic mass is 9.60. The van der Waals surface area contributed by atoms with Crippen molar-refractivity contribution in [1.29, 1.82) is 0 Å². The van der Waals surface area contributed by atoms with Crippen LogP contribution >= 0.6 is 0 Å². The lowest BCUT2D eigenvalue weighted by Gasteiger charge is -2.51. The molecule has 3 saturated heterocycles. The van der Waals surface area contributed by atoms with Crippen molar-refractivity contribution in [3.63, 3.8) is 0 Å². The number of hydrogen-bond acceptors (Lipinski definition) is 5. The first-order chi connectivity index (χ1) is 15.0. The number of carbonyl (C=O) groups is 2. The summed E-state index contributed by atoms with van der Waals surface area (Å²) in [6.45, 7) is 5.90. The molecule has 6 heteroatoms. The van der Waals surface area contributed by atoms with Crippen LogP contribution in [0.1, 0.15) is 62.8 Å². The molecule has 2 amide bonds. The van der Waals surface area contributed by atoms with E-state index < -0.39 is 0 Å². The van der Waals surface area contributed by atoms with Crippen LogP contribution in [0.25, 0.3) is 0 Å². The Morgan fingerprint density at radius 3 is 2.45 bits per heavy atom. The Hall–Kier alpha value is -1.92. The molecule has 168 valence electrons. The molecule has 5 rings (SSSR count). The molecule has 1 aromatic carbocycles. The average Bonchev–Trinajstić information content (AvgIpc) is 2.75. The molecule has 4 aliphatic rings. The van der Waals surface area contributed by atoms with Crippen LogP contribution < -0.4 is 16.0 Å². The fourth-order valence-electron chi connectivity index (χ4n) is 6.36. The number of imide groups is 1. The number of carbonyl (C=O) groups excluding carboxylic acids is 2. The molecule has 1 spiro atoms. The number of hydrogen-bond donors (Lipinski definition) is 2. The maximum absolute atomic E-state index is 12.2. The lowest BCUT2D eigenvalue weighted by molar-refractivity contribution is -0.134. The second-order valence-corrected chi connectivity index (χ2v) is 10.5. The maximum atomic E-state index is 12.2. The van der Waals surface area contributed by atoms with Gasteiger partial charge in [0.05, 0.1) is 5.92 Å². The zero-order valence-electron chi connectivity index (χ0n) is 18.5.